The molecule has 1 aliphatic heterocycles. The minimum Gasteiger partial charge on any atom is -0.831 e. The maximum Gasteiger partial charge on any atom is 0.0451 e. The van der Waals surface area contributed by atoms with Gasteiger partial charge in [0.1, 0.15) is 0 Å². The molecule has 0 radical (unpaired) electrons. The predicted octanol–water partition coefficient (Wildman–Crippen LogP) is -0.517. The Hall–Kier alpha value is -0.0800. The summed E-state index contributed by atoms with van der Waals surface area (Å²) in [6, 6.07) is 0. The highest BCUT2D eigenvalue weighted by atomic mass is 16.6. The zero-order valence-corrected chi connectivity index (χ0v) is 3.52. The first kappa shape index (κ1) is 4.09. The summed E-state index contributed by atoms with van der Waals surface area (Å²) in [5.41, 5.74) is 0. The minimum atomic E-state index is -0.704. The Morgan fingerprint density at radius 2 is 2.50 bits per heavy atom. The first-order chi connectivity index (χ1) is 2.89. The van der Waals surface area contributed by atoms with E-state index in [9.17, 15) is 5.11 Å². The molecular weight excluding hydrogens is 80.0 g/mol. The number of ether oxygens (including phenoxy) is 1. The second-order valence-corrected chi connectivity index (χ2v) is 1.44. The van der Waals surface area contributed by atoms with Crippen molar-refractivity contribution in [2.24, 2.45) is 0 Å². The van der Waals surface area contributed by atoms with Crippen LogP contribution in [-0.4, -0.2) is 12.9 Å². The van der Waals surface area contributed by atoms with E-state index >= 15 is 0 Å². The molecule has 1 fully saturated rings. The number of hydrogen-bond acceptors (Lipinski definition) is 2. The molecular formula is C4H7O2-. The summed E-state index contributed by atoms with van der Waals surface area (Å²) in [7, 11) is 0. The number of hydrogen-bond donors (Lipinski definition) is 0. The van der Waals surface area contributed by atoms with Gasteiger partial charge in [0.15, 0.2) is 0 Å². The summed E-state index contributed by atoms with van der Waals surface area (Å²) in [4.78, 5) is 0. The van der Waals surface area contributed by atoms with Crippen LogP contribution in [0.15, 0.2) is 0 Å². The standard InChI is InChI=1S/C4H7O2/c5-4-2-1-3-6-4/h4H,1-3H2/q-1. The van der Waals surface area contributed by atoms with Crippen LogP contribution < -0.4 is 5.11 Å². The normalized spacial score (nSPS) is 34.5. The Labute approximate surface area is 36.7 Å². The lowest BCUT2D eigenvalue weighted by Gasteiger charge is -2.10. The highest BCUT2D eigenvalue weighted by Crippen LogP contribution is 2.04. The van der Waals surface area contributed by atoms with E-state index in [1.54, 1.807) is 0 Å². The van der Waals surface area contributed by atoms with Gasteiger partial charge in [-0.25, -0.2) is 0 Å². The molecule has 0 aliphatic carbocycles. The van der Waals surface area contributed by atoms with E-state index in [-0.39, 0.29) is 0 Å². The summed E-state index contributed by atoms with van der Waals surface area (Å²) in [6.45, 7) is 0.675. The van der Waals surface area contributed by atoms with Gasteiger partial charge in [0, 0.05) is 6.61 Å². The second-order valence-electron chi connectivity index (χ2n) is 1.44. The molecule has 0 aromatic rings. The Kier molecular flexibility index (Phi) is 1.08. The monoisotopic (exact) mass is 87.0 g/mol. The van der Waals surface area contributed by atoms with Crippen LogP contribution in [-0.2, 0) is 4.74 Å². The van der Waals surface area contributed by atoms with Gasteiger partial charge in [-0.05, 0) is 19.1 Å². The van der Waals surface area contributed by atoms with E-state index < -0.39 is 6.29 Å². The van der Waals surface area contributed by atoms with Crippen LogP contribution in [0.4, 0.5) is 0 Å². The molecule has 1 aliphatic rings. The zero-order chi connectivity index (χ0) is 4.41. The van der Waals surface area contributed by atoms with Crippen molar-refractivity contribution in [2.75, 3.05) is 6.61 Å². The van der Waals surface area contributed by atoms with Crippen molar-refractivity contribution >= 4 is 0 Å². The third-order valence-corrected chi connectivity index (χ3v) is 0.888. The summed E-state index contributed by atoms with van der Waals surface area (Å²) in [6.07, 6.45) is 0.957. The smallest absolute Gasteiger partial charge is 0.0451 e. The first-order valence-electron chi connectivity index (χ1n) is 2.17. The molecule has 0 bridgehead atoms. The fourth-order valence-corrected chi connectivity index (χ4v) is 0.548. The first-order valence-corrected chi connectivity index (χ1v) is 2.17. The van der Waals surface area contributed by atoms with Crippen molar-refractivity contribution in [3.05, 3.63) is 0 Å². The molecule has 36 valence electrons. The molecule has 1 atom stereocenters. The average molecular weight is 87.1 g/mol. The fraction of sp³-hybridized carbons (Fsp3) is 1.00. The van der Waals surface area contributed by atoms with Gasteiger partial charge in [-0.2, -0.15) is 0 Å². The summed E-state index contributed by atoms with van der Waals surface area (Å²) >= 11 is 0. The van der Waals surface area contributed by atoms with E-state index in [2.05, 4.69) is 4.74 Å². The van der Waals surface area contributed by atoms with Crippen molar-refractivity contribution in [3.8, 4) is 0 Å². The highest BCUT2D eigenvalue weighted by molar-refractivity contribution is 4.48. The summed E-state index contributed by atoms with van der Waals surface area (Å²) in [5.74, 6) is 0. The third kappa shape index (κ3) is 0.698. The van der Waals surface area contributed by atoms with Gasteiger partial charge in [0.05, 0.1) is 0 Å². The lowest BCUT2D eigenvalue weighted by Crippen LogP contribution is -2.22. The van der Waals surface area contributed by atoms with E-state index in [0.29, 0.717) is 13.0 Å². The molecule has 6 heavy (non-hydrogen) atoms. The molecule has 1 saturated heterocycles. The molecule has 0 spiro atoms. The Balaban J connectivity index is 2.18. The van der Waals surface area contributed by atoms with E-state index in [1.807, 2.05) is 0 Å². The quantitative estimate of drug-likeness (QED) is 0.398. The van der Waals surface area contributed by atoms with Crippen LogP contribution in [0.25, 0.3) is 0 Å². The van der Waals surface area contributed by atoms with Gasteiger partial charge in [-0.3, -0.25) is 0 Å². The molecule has 0 aromatic heterocycles. The molecule has 0 aromatic carbocycles. The van der Waals surface area contributed by atoms with Gasteiger partial charge in [0.2, 0.25) is 0 Å². The van der Waals surface area contributed by atoms with Crippen molar-refractivity contribution in [1.29, 1.82) is 0 Å². The van der Waals surface area contributed by atoms with Crippen molar-refractivity contribution in [2.45, 2.75) is 19.1 Å². The van der Waals surface area contributed by atoms with Crippen LogP contribution in [0.5, 0.6) is 0 Å². The topological polar surface area (TPSA) is 32.3 Å². The highest BCUT2D eigenvalue weighted by Gasteiger charge is 2.00. The van der Waals surface area contributed by atoms with Gasteiger partial charge >= 0.3 is 0 Å². The van der Waals surface area contributed by atoms with Crippen LogP contribution in [0.1, 0.15) is 12.8 Å². The largest absolute Gasteiger partial charge is 0.831 e. The van der Waals surface area contributed by atoms with Gasteiger partial charge in [-0.1, -0.05) is 0 Å². The molecule has 0 saturated carbocycles. The third-order valence-electron chi connectivity index (χ3n) is 0.888. The van der Waals surface area contributed by atoms with Gasteiger partial charge < -0.3 is 9.84 Å². The Bertz CT molecular complexity index is 38.8. The maximum atomic E-state index is 10.1. The maximum absolute atomic E-state index is 10.1. The summed E-state index contributed by atoms with van der Waals surface area (Å²) in [5, 5.41) is 10.1. The molecule has 1 unspecified atom stereocenters. The zero-order valence-electron chi connectivity index (χ0n) is 3.52. The second kappa shape index (κ2) is 1.58. The minimum absolute atomic E-state index is 0.675. The molecule has 2 nitrogen and oxygen atoms in total. The lowest BCUT2D eigenvalue weighted by atomic mass is 10.4. The lowest BCUT2D eigenvalue weighted by molar-refractivity contribution is -0.480. The van der Waals surface area contributed by atoms with Crippen LogP contribution in [0.3, 0.4) is 0 Å². The van der Waals surface area contributed by atoms with E-state index in [0.717, 1.165) is 6.42 Å². The van der Waals surface area contributed by atoms with Crippen molar-refractivity contribution in [3.63, 3.8) is 0 Å². The predicted molar refractivity (Wildman–Crippen MR) is 19.0 cm³/mol. The van der Waals surface area contributed by atoms with Crippen molar-refractivity contribution < 1.29 is 9.84 Å². The summed E-state index contributed by atoms with van der Waals surface area (Å²) < 4.78 is 4.60. The number of rotatable bonds is 0. The van der Waals surface area contributed by atoms with Gasteiger partial charge in [0.25, 0.3) is 0 Å². The molecule has 1 heterocycles. The average Bonchev–Trinajstić information content (AvgIpc) is 1.86. The van der Waals surface area contributed by atoms with Gasteiger partial charge in [-0.15, -0.1) is 0 Å². The van der Waals surface area contributed by atoms with Crippen LogP contribution >= 0.6 is 0 Å². The molecule has 0 amide bonds. The van der Waals surface area contributed by atoms with Crippen LogP contribution in [0, 0.1) is 0 Å². The van der Waals surface area contributed by atoms with E-state index in [1.165, 1.54) is 0 Å². The molecule has 2 heteroatoms. The Morgan fingerprint density at radius 1 is 1.67 bits per heavy atom. The Morgan fingerprint density at radius 3 is 2.67 bits per heavy atom. The van der Waals surface area contributed by atoms with Crippen LogP contribution in [0.2, 0.25) is 0 Å². The van der Waals surface area contributed by atoms with Crippen molar-refractivity contribution in [1.82, 2.24) is 0 Å². The van der Waals surface area contributed by atoms with E-state index in [4.69, 9.17) is 0 Å². The fourth-order valence-electron chi connectivity index (χ4n) is 0.548. The molecule has 1 rings (SSSR count). The SMILES string of the molecule is [O-]C1CCCO1. The molecule has 0 N–H and O–H groups in total.